The first-order valence-corrected chi connectivity index (χ1v) is 8.11. The summed E-state index contributed by atoms with van der Waals surface area (Å²) in [6.07, 6.45) is 1.78. The van der Waals surface area contributed by atoms with Crippen molar-refractivity contribution in [1.82, 2.24) is 15.2 Å². The molecule has 0 aromatic carbocycles. The average molecular weight is 307 g/mol. The molecule has 2 heterocycles. The highest BCUT2D eigenvalue weighted by Gasteiger charge is 2.14. The zero-order chi connectivity index (χ0) is 15.5. The van der Waals surface area contributed by atoms with E-state index in [1.54, 1.807) is 17.6 Å². The Balaban J connectivity index is 1.94. The second kappa shape index (κ2) is 6.73. The van der Waals surface area contributed by atoms with Crippen molar-refractivity contribution in [1.29, 1.82) is 0 Å². The molecule has 0 spiro atoms. The molecule has 0 fully saturated rings. The maximum atomic E-state index is 5.62. The molecular formula is C16H25N3OS. The van der Waals surface area contributed by atoms with Gasteiger partial charge in [0.05, 0.1) is 24.0 Å². The zero-order valence-electron chi connectivity index (χ0n) is 13.6. The molecule has 21 heavy (non-hydrogen) atoms. The molecular weight excluding hydrogens is 282 g/mol. The Morgan fingerprint density at radius 1 is 1.33 bits per heavy atom. The summed E-state index contributed by atoms with van der Waals surface area (Å²) >= 11 is 1.72. The maximum absolute atomic E-state index is 5.62. The zero-order valence-corrected chi connectivity index (χ0v) is 14.4. The van der Waals surface area contributed by atoms with E-state index in [0.717, 1.165) is 31.1 Å². The molecule has 116 valence electrons. The van der Waals surface area contributed by atoms with E-state index in [1.807, 2.05) is 5.51 Å². The Morgan fingerprint density at radius 2 is 2.10 bits per heavy atom. The van der Waals surface area contributed by atoms with Crippen LogP contribution in [0.5, 0.6) is 0 Å². The molecule has 0 saturated heterocycles. The van der Waals surface area contributed by atoms with Gasteiger partial charge in [-0.25, -0.2) is 4.98 Å². The number of nitrogens with zero attached hydrogens (tertiary/aromatic N) is 2. The minimum atomic E-state index is 0.0930. The number of nitrogens with one attached hydrogen (secondary N) is 1. The molecule has 2 aromatic heterocycles. The van der Waals surface area contributed by atoms with Crippen LogP contribution >= 0.6 is 11.3 Å². The fourth-order valence-corrected chi connectivity index (χ4v) is 2.93. The van der Waals surface area contributed by atoms with Crippen molar-refractivity contribution in [2.75, 3.05) is 7.05 Å². The molecule has 0 radical (unpaired) electrons. The summed E-state index contributed by atoms with van der Waals surface area (Å²) in [5.41, 5.74) is 4.38. The molecule has 0 unspecified atom stereocenters. The van der Waals surface area contributed by atoms with E-state index < -0.39 is 0 Å². The van der Waals surface area contributed by atoms with Crippen molar-refractivity contribution in [2.24, 2.45) is 0 Å². The van der Waals surface area contributed by atoms with Crippen LogP contribution in [0.15, 0.2) is 22.3 Å². The number of thiazole rings is 1. The summed E-state index contributed by atoms with van der Waals surface area (Å²) in [6.45, 7) is 11.1. The first kappa shape index (κ1) is 16.2. The summed E-state index contributed by atoms with van der Waals surface area (Å²) < 4.78 is 5.62. The molecule has 0 bridgehead atoms. The Hall–Kier alpha value is -1.17. The minimum Gasteiger partial charge on any atom is -0.468 e. The lowest BCUT2D eigenvalue weighted by Gasteiger charge is -2.21. The van der Waals surface area contributed by atoms with Gasteiger partial charge in [0.15, 0.2) is 0 Å². The quantitative estimate of drug-likeness (QED) is 0.886. The van der Waals surface area contributed by atoms with Crippen molar-refractivity contribution >= 4 is 11.3 Å². The number of aryl methyl sites for hydroxylation is 1. The second-order valence-corrected chi connectivity index (χ2v) is 7.45. The average Bonchev–Trinajstić information content (AvgIpc) is 2.96. The summed E-state index contributed by atoms with van der Waals surface area (Å²) in [5, 5.41) is 3.47. The molecule has 4 nitrogen and oxygen atoms in total. The number of hydrogen-bond donors (Lipinski definition) is 1. The lowest BCUT2D eigenvalue weighted by molar-refractivity contribution is 0.314. The van der Waals surface area contributed by atoms with Crippen LogP contribution in [-0.2, 0) is 19.6 Å². The van der Waals surface area contributed by atoms with Crippen LogP contribution < -0.4 is 5.32 Å². The lowest BCUT2D eigenvalue weighted by atomic mass is 10.1. The SMILES string of the molecule is Cc1ncsc1CN(C)Cc1ccoc1CNC(C)(C)C. The fourth-order valence-electron chi connectivity index (χ4n) is 2.08. The van der Waals surface area contributed by atoms with Gasteiger partial charge in [0.25, 0.3) is 0 Å². The van der Waals surface area contributed by atoms with E-state index in [2.05, 4.69) is 56.0 Å². The third kappa shape index (κ3) is 4.95. The molecule has 0 aliphatic carbocycles. The molecule has 2 aromatic rings. The number of hydrogen-bond acceptors (Lipinski definition) is 5. The smallest absolute Gasteiger partial charge is 0.122 e. The Bertz CT molecular complexity index is 568. The number of furan rings is 1. The third-order valence-electron chi connectivity index (χ3n) is 3.32. The van der Waals surface area contributed by atoms with E-state index in [1.165, 1.54) is 10.4 Å². The normalized spacial score (nSPS) is 12.3. The van der Waals surface area contributed by atoms with Crippen molar-refractivity contribution in [3.63, 3.8) is 0 Å². The van der Waals surface area contributed by atoms with Crippen LogP contribution in [0, 0.1) is 6.92 Å². The summed E-state index contributed by atoms with van der Waals surface area (Å²) in [7, 11) is 2.13. The van der Waals surface area contributed by atoms with Crippen LogP contribution in [0.3, 0.4) is 0 Å². The van der Waals surface area contributed by atoms with E-state index in [0.29, 0.717) is 0 Å². The topological polar surface area (TPSA) is 41.3 Å². The monoisotopic (exact) mass is 307 g/mol. The highest BCUT2D eigenvalue weighted by Crippen LogP contribution is 2.18. The molecule has 0 aliphatic heterocycles. The van der Waals surface area contributed by atoms with Crippen molar-refractivity contribution in [2.45, 2.75) is 52.9 Å². The predicted molar refractivity (Wildman–Crippen MR) is 87.3 cm³/mol. The summed E-state index contributed by atoms with van der Waals surface area (Å²) in [4.78, 5) is 7.93. The fraction of sp³-hybridized carbons (Fsp3) is 0.562. The Kier molecular flexibility index (Phi) is 5.19. The largest absolute Gasteiger partial charge is 0.468 e. The molecule has 1 N–H and O–H groups in total. The van der Waals surface area contributed by atoms with E-state index in [4.69, 9.17) is 4.42 Å². The van der Waals surface area contributed by atoms with Gasteiger partial charge in [-0.2, -0.15) is 0 Å². The van der Waals surface area contributed by atoms with E-state index >= 15 is 0 Å². The van der Waals surface area contributed by atoms with Gasteiger partial charge in [-0.15, -0.1) is 11.3 Å². The molecule has 0 atom stereocenters. The maximum Gasteiger partial charge on any atom is 0.122 e. The Labute approximate surface area is 131 Å². The van der Waals surface area contributed by atoms with Gasteiger partial charge in [-0.1, -0.05) is 0 Å². The number of aromatic nitrogens is 1. The summed E-state index contributed by atoms with van der Waals surface area (Å²) in [5.74, 6) is 1.03. The molecule has 0 aliphatic rings. The third-order valence-corrected chi connectivity index (χ3v) is 4.24. The van der Waals surface area contributed by atoms with Crippen molar-refractivity contribution < 1.29 is 4.42 Å². The van der Waals surface area contributed by atoms with E-state index in [9.17, 15) is 0 Å². The standard InChI is InChI=1S/C16H25N3OS/c1-12-15(21-11-17-12)10-19(5)9-13-6-7-20-14(13)8-18-16(2,3)4/h6-7,11,18H,8-10H2,1-5H3. The molecule has 2 rings (SSSR count). The van der Waals surface area contributed by atoms with Crippen LogP contribution in [0.4, 0.5) is 0 Å². The van der Waals surface area contributed by atoms with E-state index in [-0.39, 0.29) is 5.54 Å². The van der Waals surface area contributed by atoms with Crippen LogP contribution in [-0.4, -0.2) is 22.5 Å². The van der Waals surface area contributed by atoms with Crippen LogP contribution in [0.1, 0.15) is 42.7 Å². The van der Waals surface area contributed by atoms with Gasteiger partial charge < -0.3 is 9.73 Å². The van der Waals surface area contributed by atoms with Gasteiger partial charge >= 0.3 is 0 Å². The number of rotatable bonds is 6. The highest BCUT2D eigenvalue weighted by atomic mass is 32.1. The van der Waals surface area contributed by atoms with Crippen molar-refractivity contribution in [3.05, 3.63) is 39.7 Å². The second-order valence-electron chi connectivity index (χ2n) is 6.51. The van der Waals surface area contributed by atoms with Gasteiger partial charge in [0, 0.05) is 29.1 Å². The molecule has 0 amide bonds. The van der Waals surface area contributed by atoms with Gasteiger partial charge in [0.2, 0.25) is 0 Å². The van der Waals surface area contributed by atoms with Crippen LogP contribution in [0.2, 0.25) is 0 Å². The predicted octanol–water partition coefficient (Wildman–Crippen LogP) is 3.56. The van der Waals surface area contributed by atoms with Crippen LogP contribution in [0.25, 0.3) is 0 Å². The first-order chi connectivity index (χ1) is 9.85. The summed E-state index contributed by atoms with van der Waals surface area (Å²) in [6, 6.07) is 2.07. The van der Waals surface area contributed by atoms with Gasteiger partial charge in [-0.3, -0.25) is 4.90 Å². The minimum absolute atomic E-state index is 0.0930. The highest BCUT2D eigenvalue weighted by molar-refractivity contribution is 7.09. The van der Waals surface area contributed by atoms with Gasteiger partial charge in [0.1, 0.15) is 5.76 Å². The van der Waals surface area contributed by atoms with Gasteiger partial charge in [-0.05, 0) is 40.8 Å². The molecule has 0 saturated carbocycles. The lowest BCUT2D eigenvalue weighted by Crippen LogP contribution is -2.35. The molecule has 5 heteroatoms. The first-order valence-electron chi connectivity index (χ1n) is 7.23. The van der Waals surface area contributed by atoms with Crippen molar-refractivity contribution in [3.8, 4) is 0 Å². The Morgan fingerprint density at radius 3 is 2.71 bits per heavy atom.